The first kappa shape index (κ1) is 16.7. The molecule has 6 heteroatoms. The number of hydrogen-bond acceptors (Lipinski definition) is 3. The van der Waals surface area contributed by atoms with Gasteiger partial charge in [-0.05, 0) is 38.5 Å². The van der Waals surface area contributed by atoms with Crippen molar-refractivity contribution in [3.8, 4) is 0 Å². The highest BCUT2D eigenvalue weighted by Gasteiger charge is 2.34. The van der Waals surface area contributed by atoms with E-state index in [1.54, 1.807) is 13.8 Å². The Balaban J connectivity index is 2.80. The van der Waals surface area contributed by atoms with Crippen molar-refractivity contribution in [3.63, 3.8) is 0 Å². The fraction of sp³-hybridized carbons (Fsp3) is 0.429. The lowest BCUT2D eigenvalue weighted by Gasteiger charge is -2.26. The third kappa shape index (κ3) is 3.80. The van der Waals surface area contributed by atoms with Crippen LogP contribution in [0.5, 0.6) is 0 Å². The average molecular weight is 344 g/mol. The Hall–Kier alpha value is -1.40. The molecule has 3 N–H and O–H groups in total. The number of halogens is 1. The van der Waals surface area contributed by atoms with E-state index in [9.17, 15) is 14.7 Å². The van der Waals surface area contributed by atoms with E-state index in [-0.39, 0.29) is 12.5 Å². The van der Waals surface area contributed by atoms with Crippen LogP contribution in [0.15, 0.2) is 28.7 Å². The number of carbonyl (C=O) groups is 2. The van der Waals surface area contributed by atoms with Gasteiger partial charge in [0.1, 0.15) is 0 Å². The van der Waals surface area contributed by atoms with Crippen LogP contribution >= 0.6 is 15.9 Å². The van der Waals surface area contributed by atoms with Gasteiger partial charge in [0.25, 0.3) is 0 Å². The molecule has 5 nitrogen and oxygen atoms in total. The first-order valence-electron chi connectivity index (χ1n) is 6.07. The molecular weight excluding hydrogens is 326 g/mol. The summed E-state index contributed by atoms with van der Waals surface area (Å²) in [5.41, 5.74) is -2.01. The fourth-order valence-corrected chi connectivity index (χ4v) is 1.81. The maximum absolute atomic E-state index is 12.2. The fourth-order valence-electron chi connectivity index (χ4n) is 1.55. The number of carboxylic acid groups (broad SMARTS) is 1. The van der Waals surface area contributed by atoms with Gasteiger partial charge in [-0.3, -0.25) is 4.79 Å². The van der Waals surface area contributed by atoms with Gasteiger partial charge in [-0.25, -0.2) is 4.79 Å². The number of aliphatic carboxylic acids is 1. The Morgan fingerprint density at radius 1 is 1.20 bits per heavy atom. The molecule has 0 radical (unpaired) electrons. The van der Waals surface area contributed by atoms with Gasteiger partial charge in [0.05, 0.1) is 12.0 Å². The Kier molecular flexibility index (Phi) is 4.94. The van der Waals surface area contributed by atoms with Gasteiger partial charge in [0, 0.05) is 4.47 Å². The minimum absolute atomic E-state index is 0.346. The highest BCUT2D eigenvalue weighted by atomic mass is 79.9. The van der Waals surface area contributed by atoms with Crippen LogP contribution in [0.2, 0.25) is 0 Å². The molecule has 1 amide bonds. The third-order valence-electron chi connectivity index (χ3n) is 3.19. The molecule has 110 valence electrons. The van der Waals surface area contributed by atoms with Gasteiger partial charge in [-0.15, -0.1) is 0 Å². The van der Waals surface area contributed by atoms with E-state index in [0.29, 0.717) is 0 Å². The van der Waals surface area contributed by atoms with Gasteiger partial charge in [0.2, 0.25) is 5.91 Å². The number of hydrogen-bond donors (Lipinski definition) is 3. The van der Waals surface area contributed by atoms with Crippen molar-refractivity contribution >= 4 is 27.8 Å². The van der Waals surface area contributed by atoms with Gasteiger partial charge in [0.15, 0.2) is 5.60 Å². The predicted molar refractivity (Wildman–Crippen MR) is 78.4 cm³/mol. The molecule has 0 saturated heterocycles. The summed E-state index contributed by atoms with van der Waals surface area (Å²) in [5, 5.41) is 20.9. The molecule has 0 bridgehead atoms. The van der Waals surface area contributed by atoms with Gasteiger partial charge in [-0.2, -0.15) is 0 Å². The number of benzene rings is 1. The Morgan fingerprint density at radius 2 is 1.70 bits per heavy atom. The van der Waals surface area contributed by atoms with E-state index in [1.807, 2.05) is 24.3 Å². The zero-order chi connectivity index (χ0) is 15.6. The zero-order valence-electron chi connectivity index (χ0n) is 11.6. The van der Waals surface area contributed by atoms with Crippen molar-refractivity contribution in [1.29, 1.82) is 0 Å². The Morgan fingerprint density at radius 3 is 2.15 bits per heavy atom. The molecule has 1 aromatic carbocycles. The van der Waals surface area contributed by atoms with Crippen LogP contribution in [-0.4, -0.2) is 34.2 Å². The summed E-state index contributed by atoms with van der Waals surface area (Å²) in [6.45, 7) is 4.27. The number of carbonyl (C=O) groups excluding carboxylic acids is 1. The van der Waals surface area contributed by atoms with Crippen molar-refractivity contribution < 1.29 is 19.8 Å². The standard InChI is InChI=1S/C14H18BrNO4/c1-13(2,9-4-6-10(15)7-5-9)11(17)16-8-14(3,20)12(18)19/h4-7,20H,8H2,1-3H3,(H,16,17)(H,18,19). The van der Waals surface area contributed by atoms with Crippen LogP contribution in [0.1, 0.15) is 26.3 Å². The normalized spacial score (nSPS) is 14.4. The van der Waals surface area contributed by atoms with Gasteiger partial charge < -0.3 is 15.5 Å². The van der Waals surface area contributed by atoms with Crippen molar-refractivity contribution in [3.05, 3.63) is 34.3 Å². The monoisotopic (exact) mass is 343 g/mol. The number of carboxylic acids is 1. The summed E-state index contributed by atoms with van der Waals surface area (Å²) in [7, 11) is 0. The summed E-state index contributed by atoms with van der Waals surface area (Å²) >= 11 is 3.32. The molecule has 0 heterocycles. The number of amides is 1. The van der Waals surface area contributed by atoms with Crippen LogP contribution in [0.3, 0.4) is 0 Å². The molecular formula is C14H18BrNO4. The molecule has 0 fully saturated rings. The van der Waals surface area contributed by atoms with Crippen molar-refractivity contribution in [2.24, 2.45) is 0 Å². The second-order valence-corrected chi connectivity index (χ2v) is 6.31. The van der Waals surface area contributed by atoms with Crippen LogP contribution in [0.25, 0.3) is 0 Å². The molecule has 0 aliphatic rings. The Labute approximate surface area is 126 Å². The molecule has 0 aliphatic heterocycles. The lowest BCUT2D eigenvalue weighted by atomic mass is 9.83. The molecule has 0 aromatic heterocycles. The molecule has 1 aromatic rings. The number of aliphatic hydroxyl groups is 1. The highest BCUT2D eigenvalue weighted by molar-refractivity contribution is 9.10. The molecule has 0 spiro atoms. The summed E-state index contributed by atoms with van der Waals surface area (Å²) in [6, 6.07) is 7.30. The van der Waals surface area contributed by atoms with Crippen LogP contribution in [-0.2, 0) is 15.0 Å². The smallest absolute Gasteiger partial charge is 0.337 e. The molecule has 0 aliphatic carbocycles. The lowest BCUT2D eigenvalue weighted by Crippen LogP contribution is -2.50. The molecule has 1 atom stereocenters. The van der Waals surface area contributed by atoms with E-state index in [2.05, 4.69) is 21.2 Å². The van der Waals surface area contributed by atoms with E-state index in [1.165, 1.54) is 0 Å². The minimum atomic E-state index is -1.98. The quantitative estimate of drug-likeness (QED) is 0.759. The minimum Gasteiger partial charge on any atom is -0.479 e. The molecule has 1 unspecified atom stereocenters. The van der Waals surface area contributed by atoms with Crippen molar-refractivity contribution in [2.75, 3.05) is 6.54 Å². The summed E-state index contributed by atoms with van der Waals surface area (Å²) < 4.78 is 0.909. The zero-order valence-corrected chi connectivity index (χ0v) is 13.2. The second-order valence-electron chi connectivity index (χ2n) is 5.39. The first-order valence-corrected chi connectivity index (χ1v) is 6.87. The maximum Gasteiger partial charge on any atom is 0.337 e. The van der Waals surface area contributed by atoms with E-state index in [4.69, 9.17) is 5.11 Å². The second kappa shape index (κ2) is 5.93. The van der Waals surface area contributed by atoms with Crippen LogP contribution in [0.4, 0.5) is 0 Å². The Bertz CT molecular complexity index is 508. The van der Waals surface area contributed by atoms with Crippen LogP contribution < -0.4 is 5.32 Å². The topological polar surface area (TPSA) is 86.6 Å². The maximum atomic E-state index is 12.2. The van der Waals surface area contributed by atoms with E-state index in [0.717, 1.165) is 17.0 Å². The van der Waals surface area contributed by atoms with Gasteiger partial charge in [-0.1, -0.05) is 28.1 Å². The van der Waals surface area contributed by atoms with Crippen molar-refractivity contribution in [2.45, 2.75) is 31.8 Å². The summed E-state index contributed by atoms with van der Waals surface area (Å²) in [5.74, 6) is -1.72. The lowest BCUT2D eigenvalue weighted by molar-refractivity contribution is -0.156. The third-order valence-corrected chi connectivity index (χ3v) is 3.72. The highest BCUT2D eigenvalue weighted by Crippen LogP contribution is 2.25. The van der Waals surface area contributed by atoms with E-state index < -0.39 is 17.0 Å². The largest absolute Gasteiger partial charge is 0.479 e. The van der Waals surface area contributed by atoms with Crippen LogP contribution in [0, 0.1) is 0 Å². The average Bonchev–Trinajstić information content (AvgIpc) is 2.36. The van der Waals surface area contributed by atoms with Crippen molar-refractivity contribution in [1.82, 2.24) is 5.32 Å². The number of nitrogens with one attached hydrogen (secondary N) is 1. The summed E-state index contributed by atoms with van der Waals surface area (Å²) in [6.07, 6.45) is 0. The van der Waals surface area contributed by atoms with E-state index >= 15 is 0 Å². The molecule has 20 heavy (non-hydrogen) atoms. The first-order chi connectivity index (χ1) is 9.07. The molecule has 0 saturated carbocycles. The SMILES string of the molecule is CC(O)(CNC(=O)C(C)(C)c1ccc(Br)cc1)C(=O)O. The predicted octanol–water partition coefficient (Wildman–Crippen LogP) is 1.68. The molecule has 1 rings (SSSR count). The summed E-state index contributed by atoms with van der Waals surface area (Å²) in [4.78, 5) is 23.0. The van der Waals surface area contributed by atoms with Gasteiger partial charge >= 0.3 is 5.97 Å². The number of rotatable bonds is 5.